The number of amides is 1. The van der Waals surface area contributed by atoms with Crippen molar-refractivity contribution in [2.24, 2.45) is 0 Å². The molecule has 0 spiro atoms. The van der Waals surface area contributed by atoms with Crippen molar-refractivity contribution in [1.82, 2.24) is 4.31 Å². The van der Waals surface area contributed by atoms with E-state index in [0.717, 1.165) is 30.0 Å². The molecule has 1 aliphatic heterocycles. The van der Waals surface area contributed by atoms with E-state index in [-0.39, 0.29) is 11.0 Å². The van der Waals surface area contributed by atoms with Crippen molar-refractivity contribution in [3.8, 4) is 0 Å². The minimum Gasteiger partial charge on any atom is -0.350 e. The van der Waals surface area contributed by atoms with Gasteiger partial charge in [-0.1, -0.05) is 37.5 Å². The molecule has 22 heavy (non-hydrogen) atoms. The lowest BCUT2D eigenvalue weighted by molar-refractivity contribution is -0.129. The van der Waals surface area contributed by atoms with E-state index in [2.05, 4.69) is 0 Å². The van der Waals surface area contributed by atoms with E-state index in [1.54, 1.807) is 18.2 Å². The SMILES string of the molecule is O=C1C=CC(OC2CCCCC2)N1S(=O)(=O)c1ccccc1. The second-order valence-electron chi connectivity index (χ2n) is 5.60. The number of rotatable bonds is 4. The number of hydrogen-bond acceptors (Lipinski definition) is 4. The molecule has 1 aromatic rings. The smallest absolute Gasteiger partial charge is 0.269 e. The van der Waals surface area contributed by atoms with Crippen LogP contribution in [0.15, 0.2) is 47.4 Å². The lowest BCUT2D eigenvalue weighted by Crippen LogP contribution is -2.42. The maximum atomic E-state index is 12.7. The second-order valence-corrected chi connectivity index (χ2v) is 7.41. The van der Waals surface area contributed by atoms with E-state index in [9.17, 15) is 13.2 Å². The van der Waals surface area contributed by atoms with Gasteiger partial charge >= 0.3 is 0 Å². The predicted octanol–water partition coefficient (Wildman–Crippen LogP) is 2.45. The molecule has 1 heterocycles. The first-order valence-electron chi connectivity index (χ1n) is 7.56. The van der Waals surface area contributed by atoms with Gasteiger partial charge in [0, 0.05) is 6.08 Å². The lowest BCUT2D eigenvalue weighted by Gasteiger charge is -2.30. The minimum atomic E-state index is -3.89. The molecule has 1 unspecified atom stereocenters. The standard InChI is InChI=1S/C16H19NO4S/c18-15-11-12-16(21-13-7-3-1-4-8-13)17(15)22(19,20)14-9-5-2-6-10-14/h2,5-6,9-13,16H,1,3-4,7-8H2. The van der Waals surface area contributed by atoms with E-state index < -0.39 is 22.2 Å². The van der Waals surface area contributed by atoms with Crippen LogP contribution < -0.4 is 0 Å². The largest absolute Gasteiger partial charge is 0.350 e. The van der Waals surface area contributed by atoms with Crippen molar-refractivity contribution < 1.29 is 17.9 Å². The summed E-state index contributed by atoms with van der Waals surface area (Å²) in [5, 5.41) is 0. The van der Waals surface area contributed by atoms with Crippen LogP contribution in [-0.2, 0) is 19.6 Å². The molecule has 1 fully saturated rings. The van der Waals surface area contributed by atoms with Crippen LogP contribution in [0.1, 0.15) is 32.1 Å². The molecule has 0 bridgehead atoms. The van der Waals surface area contributed by atoms with Crippen LogP contribution in [0.3, 0.4) is 0 Å². The van der Waals surface area contributed by atoms with Crippen molar-refractivity contribution in [3.63, 3.8) is 0 Å². The molecule has 1 aliphatic carbocycles. The van der Waals surface area contributed by atoms with Gasteiger partial charge in [-0.3, -0.25) is 4.79 Å². The first kappa shape index (κ1) is 15.2. The number of ether oxygens (including phenoxy) is 1. The fourth-order valence-corrected chi connectivity index (χ4v) is 4.32. The number of nitrogens with zero attached hydrogens (tertiary/aromatic N) is 1. The average molecular weight is 321 g/mol. The molecule has 1 saturated carbocycles. The van der Waals surface area contributed by atoms with E-state index in [1.807, 2.05) is 0 Å². The second kappa shape index (κ2) is 6.22. The van der Waals surface area contributed by atoms with Gasteiger partial charge in [0.25, 0.3) is 15.9 Å². The highest BCUT2D eigenvalue weighted by atomic mass is 32.2. The fraction of sp³-hybridized carbons (Fsp3) is 0.438. The van der Waals surface area contributed by atoms with Gasteiger partial charge in [-0.2, -0.15) is 0 Å². The number of sulfonamides is 1. The zero-order chi connectivity index (χ0) is 15.6. The van der Waals surface area contributed by atoms with Gasteiger partial charge in [-0.15, -0.1) is 0 Å². The number of benzene rings is 1. The summed E-state index contributed by atoms with van der Waals surface area (Å²) in [4.78, 5) is 12.1. The highest BCUT2D eigenvalue weighted by Crippen LogP contribution is 2.28. The van der Waals surface area contributed by atoms with Gasteiger partial charge in [0.2, 0.25) is 0 Å². The van der Waals surface area contributed by atoms with Gasteiger partial charge in [-0.05, 0) is 31.1 Å². The van der Waals surface area contributed by atoms with Crippen molar-refractivity contribution >= 4 is 15.9 Å². The third kappa shape index (κ3) is 2.94. The molecule has 0 N–H and O–H groups in total. The molecular weight excluding hydrogens is 302 g/mol. The molecule has 0 radical (unpaired) electrons. The van der Waals surface area contributed by atoms with E-state index >= 15 is 0 Å². The molecule has 0 aromatic heterocycles. The van der Waals surface area contributed by atoms with Gasteiger partial charge in [-0.25, -0.2) is 12.7 Å². The molecular formula is C16H19NO4S. The van der Waals surface area contributed by atoms with E-state index in [4.69, 9.17) is 4.74 Å². The normalized spacial score (nSPS) is 23.2. The summed E-state index contributed by atoms with van der Waals surface area (Å²) in [6.45, 7) is 0. The highest BCUT2D eigenvalue weighted by molar-refractivity contribution is 7.89. The Hall–Kier alpha value is -1.66. The summed E-state index contributed by atoms with van der Waals surface area (Å²) in [5.74, 6) is -0.551. The summed E-state index contributed by atoms with van der Waals surface area (Å²) in [6, 6.07) is 7.98. The molecule has 5 nitrogen and oxygen atoms in total. The highest BCUT2D eigenvalue weighted by Gasteiger charge is 2.39. The molecule has 2 aliphatic rings. The Balaban J connectivity index is 1.82. The van der Waals surface area contributed by atoms with Gasteiger partial charge in [0.1, 0.15) is 0 Å². The van der Waals surface area contributed by atoms with Crippen LogP contribution >= 0.6 is 0 Å². The van der Waals surface area contributed by atoms with Crippen LogP contribution in [0, 0.1) is 0 Å². The number of hydrogen-bond donors (Lipinski definition) is 0. The molecule has 6 heteroatoms. The maximum absolute atomic E-state index is 12.7. The van der Waals surface area contributed by atoms with Crippen LogP contribution in [0.5, 0.6) is 0 Å². The van der Waals surface area contributed by atoms with Gasteiger partial charge < -0.3 is 4.74 Å². The van der Waals surface area contributed by atoms with Crippen molar-refractivity contribution in [2.45, 2.75) is 49.3 Å². The predicted molar refractivity (Wildman–Crippen MR) is 81.4 cm³/mol. The topological polar surface area (TPSA) is 63.7 Å². The zero-order valence-corrected chi connectivity index (χ0v) is 13.0. The van der Waals surface area contributed by atoms with E-state index in [1.165, 1.54) is 30.7 Å². The Labute approximate surface area is 130 Å². The Kier molecular flexibility index (Phi) is 4.31. The van der Waals surface area contributed by atoms with Gasteiger partial charge in [0.05, 0.1) is 11.0 Å². The Morgan fingerprint density at radius 1 is 1.05 bits per heavy atom. The van der Waals surface area contributed by atoms with E-state index in [0.29, 0.717) is 0 Å². The summed E-state index contributed by atoms with van der Waals surface area (Å²) < 4.78 is 32.1. The van der Waals surface area contributed by atoms with Crippen LogP contribution in [0.25, 0.3) is 0 Å². The molecule has 1 amide bonds. The van der Waals surface area contributed by atoms with Crippen LogP contribution in [0.2, 0.25) is 0 Å². The molecule has 3 rings (SSSR count). The Morgan fingerprint density at radius 2 is 1.73 bits per heavy atom. The molecule has 1 aromatic carbocycles. The first-order chi connectivity index (χ1) is 10.6. The summed E-state index contributed by atoms with van der Waals surface area (Å²) in [7, 11) is -3.89. The summed E-state index contributed by atoms with van der Waals surface area (Å²) in [5.41, 5.74) is 0. The van der Waals surface area contributed by atoms with Crippen LogP contribution in [0.4, 0.5) is 0 Å². The Bertz CT molecular complexity index is 663. The van der Waals surface area contributed by atoms with Crippen molar-refractivity contribution in [3.05, 3.63) is 42.5 Å². The number of carbonyl (C=O) groups excluding carboxylic acids is 1. The van der Waals surface area contributed by atoms with Crippen molar-refractivity contribution in [2.75, 3.05) is 0 Å². The third-order valence-corrected chi connectivity index (χ3v) is 5.81. The monoisotopic (exact) mass is 321 g/mol. The summed E-state index contributed by atoms with van der Waals surface area (Å²) >= 11 is 0. The lowest BCUT2D eigenvalue weighted by atomic mass is 9.98. The van der Waals surface area contributed by atoms with Crippen molar-refractivity contribution in [1.29, 1.82) is 0 Å². The van der Waals surface area contributed by atoms with Gasteiger partial charge in [0.15, 0.2) is 6.23 Å². The Morgan fingerprint density at radius 3 is 2.41 bits per heavy atom. The number of carbonyl (C=O) groups is 1. The zero-order valence-electron chi connectivity index (χ0n) is 12.2. The molecule has 0 saturated heterocycles. The average Bonchev–Trinajstić information content (AvgIpc) is 2.90. The third-order valence-electron chi connectivity index (χ3n) is 4.04. The summed E-state index contributed by atoms with van der Waals surface area (Å²) in [6.07, 6.45) is 7.16. The maximum Gasteiger partial charge on any atom is 0.269 e. The first-order valence-corrected chi connectivity index (χ1v) is 9.00. The minimum absolute atomic E-state index is 0.0165. The molecule has 118 valence electrons. The fourth-order valence-electron chi connectivity index (χ4n) is 2.90. The molecule has 1 atom stereocenters. The quantitative estimate of drug-likeness (QED) is 0.854. The van der Waals surface area contributed by atoms with Crippen LogP contribution in [-0.4, -0.2) is 31.0 Å².